The zero-order chi connectivity index (χ0) is 18.5. The number of thiazole rings is 1. The lowest BCUT2D eigenvalue weighted by Gasteiger charge is -2.27. The van der Waals surface area contributed by atoms with E-state index in [1.165, 1.54) is 17.4 Å². The third kappa shape index (κ3) is 2.79. The fourth-order valence-corrected chi connectivity index (χ4v) is 4.39. The molecule has 27 heavy (non-hydrogen) atoms. The lowest BCUT2D eigenvalue weighted by atomic mass is 10.2. The highest BCUT2D eigenvalue weighted by atomic mass is 32.1. The van der Waals surface area contributed by atoms with Crippen LogP contribution in [0.3, 0.4) is 0 Å². The minimum Gasteiger partial charge on any atom is -0.423 e. The van der Waals surface area contributed by atoms with E-state index in [1.807, 2.05) is 19.2 Å². The van der Waals surface area contributed by atoms with Crippen LogP contribution in [0.25, 0.3) is 27.6 Å². The van der Waals surface area contributed by atoms with E-state index in [0.717, 1.165) is 42.3 Å². The molecule has 4 aromatic rings. The van der Waals surface area contributed by atoms with Crippen molar-refractivity contribution in [3.8, 4) is 11.4 Å². The van der Waals surface area contributed by atoms with Crippen molar-refractivity contribution in [1.82, 2.24) is 24.7 Å². The van der Waals surface area contributed by atoms with Crippen LogP contribution in [0.15, 0.2) is 27.5 Å². The van der Waals surface area contributed by atoms with Crippen molar-refractivity contribution in [1.29, 1.82) is 0 Å². The second-order valence-electron chi connectivity index (χ2n) is 6.65. The molecule has 0 unspecified atom stereocenters. The third-order valence-electron chi connectivity index (χ3n) is 4.71. The Morgan fingerprint density at radius 2 is 1.89 bits per heavy atom. The van der Waals surface area contributed by atoms with Gasteiger partial charge in [0.2, 0.25) is 5.71 Å². The second kappa shape index (κ2) is 6.14. The van der Waals surface area contributed by atoms with Gasteiger partial charge in [-0.3, -0.25) is 9.20 Å². The SMILES string of the molecule is Cc1nc2c(C)cc(-c3cc(=O)n4cc(N5CCNCC5)sc4n3)nc2o1. The summed E-state index contributed by atoms with van der Waals surface area (Å²) in [5.41, 5.74) is 3.21. The molecule has 1 N–H and O–H groups in total. The van der Waals surface area contributed by atoms with Crippen LogP contribution in [0.2, 0.25) is 0 Å². The van der Waals surface area contributed by atoms with Gasteiger partial charge in [0.1, 0.15) is 10.5 Å². The van der Waals surface area contributed by atoms with Gasteiger partial charge in [-0.15, -0.1) is 0 Å². The summed E-state index contributed by atoms with van der Waals surface area (Å²) in [6.07, 6.45) is 1.88. The molecule has 0 atom stereocenters. The first-order chi connectivity index (χ1) is 13.1. The molecule has 0 amide bonds. The average molecular weight is 382 g/mol. The van der Waals surface area contributed by atoms with E-state index >= 15 is 0 Å². The number of rotatable bonds is 2. The molecule has 8 nitrogen and oxygen atoms in total. The highest BCUT2D eigenvalue weighted by molar-refractivity contribution is 7.20. The number of nitrogens with zero attached hydrogens (tertiary/aromatic N) is 5. The van der Waals surface area contributed by atoms with E-state index in [-0.39, 0.29) is 5.56 Å². The van der Waals surface area contributed by atoms with Crippen LogP contribution in [0.4, 0.5) is 5.00 Å². The lowest BCUT2D eigenvalue weighted by molar-refractivity contribution is 0.551. The molecule has 4 aromatic heterocycles. The van der Waals surface area contributed by atoms with Crippen LogP contribution >= 0.6 is 11.3 Å². The highest BCUT2D eigenvalue weighted by Crippen LogP contribution is 2.27. The molecule has 0 saturated carbocycles. The Labute approximate surface area is 158 Å². The van der Waals surface area contributed by atoms with Crippen LogP contribution in [0.5, 0.6) is 0 Å². The number of pyridine rings is 1. The molecule has 0 radical (unpaired) electrons. The molecule has 5 heterocycles. The van der Waals surface area contributed by atoms with Gasteiger partial charge in [0, 0.05) is 45.4 Å². The molecule has 138 valence electrons. The van der Waals surface area contributed by atoms with E-state index in [0.29, 0.717) is 28.0 Å². The fraction of sp³-hybridized carbons (Fsp3) is 0.333. The van der Waals surface area contributed by atoms with Crippen LogP contribution < -0.4 is 15.8 Å². The summed E-state index contributed by atoms with van der Waals surface area (Å²) in [7, 11) is 0. The Bertz CT molecular complexity index is 1220. The number of fused-ring (bicyclic) bond motifs is 2. The average Bonchev–Trinajstić information content (AvgIpc) is 3.26. The summed E-state index contributed by atoms with van der Waals surface area (Å²) in [5, 5.41) is 4.40. The number of piperazine rings is 1. The van der Waals surface area contributed by atoms with Gasteiger partial charge in [-0.05, 0) is 18.6 Å². The molecular weight excluding hydrogens is 364 g/mol. The molecule has 0 aromatic carbocycles. The minimum atomic E-state index is -0.110. The Morgan fingerprint density at radius 3 is 2.70 bits per heavy atom. The molecule has 1 saturated heterocycles. The van der Waals surface area contributed by atoms with E-state index < -0.39 is 0 Å². The van der Waals surface area contributed by atoms with E-state index in [1.54, 1.807) is 11.3 Å². The smallest absolute Gasteiger partial charge is 0.259 e. The maximum Gasteiger partial charge on any atom is 0.259 e. The number of hydrogen-bond donors (Lipinski definition) is 1. The van der Waals surface area contributed by atoms with Crippen molar-refractivity contribution < 1.29 is 4.42 Å². The Hall–Kier alpha value is -2.78. The number of anilines is 1. The minimum absolute atomic E-state index is 0.110. The van der Waals surface area contributed by atoms with Gasteiger partial charge in [-0.1, -0.05) is 11.3 Å². The molecule has 1 fully saturated rings. The monoisotopic (exact) mass is 382 g/mol. The van der Waals surface area contributed by atoms with Crippen LogP contribution in [0.1, 0.15) is 11.5 Å². The predicted octanol–water partition coefficient (Wildman–Crippen LogP) is 1.99. The quantitative estimate of drug-likeness (QED) is 0.567. The van der Waals surface area contributed by atoms with Gasteiger partial charge >= 0.3 is 0 Å². The molecular formula is C18H18N6O2S. The first-order valence-corrected chi connectivity index (χ1v) is 9.64. The fourth-order valence-electron chi connectivity index (χ4n) is 3.35. The predicted molar refractivity (Wildman–Crippen MR) is 105 cm³/mol. The van der Waals surface area contributed by atoms with Crippen molar-refractivity contribution >= 4 is 32.5 Å². The second-order valence-corrected chi connectivity index (χ2v) is 7.64. The maximum atomic E-state index is 12.7. The summed E-state index contributed by atoms with van der Waals surface area (Å²) >= 11 is 1.53. The zero-order valence-corrected chi connectivity index (χ0v) is 15.8. The highest BCUT2D eigenvalue weighted by Gasteiger charge is 2.17. The first kappa shape index (κ1) is 16.4. The zero-order valence-electron chi connectivity index (χ0n) is 15.0. The van der Waals surface area contributed by atoms with Crippen molar-refractivity contribution in [2.45, 2.75) is 13.8 Å². The number of aryl methyl sites for hydroxylation is 2. The Morgan fingerprint density at radius 1 is 1.11 bits per heavy atom. The van der Waals surface area contributed by atoms with Gasteiger partial charge in [-0.2, -0.15) is 0 Å². The molecule has 0 spiro atoms. The number of hydrogen-bond acceptors (Lipinski definition) is 8. The summed E-state index contributed by atoms with van der Waals surface area (Å²) in [6.45, 7) is 7.49. The molecule has 1 aliphatic rings. The van der Waals surface area contributed by atoms with Crippen LogP contribution in [-0.2, 0) is 0 Å². The van der Waals surface area contributed by atoms with Crippen molar-refractivity contribution in [2.75, 3.05) is 31.1 Å². The number of nitrogens with one attached hydrogen (secondary N) is 1. The van der Waals surface area contributed by atoms with Crippen molar-refractivity contribution in [3.63, 3.8) is 0 Å². The summed E-state index contributed by atoms with van der Waals surface area (Å²) < 4.78 is 7.18. The van der Waals surface area contributed by atoms with Crippen LogP contribution in [-0.4, -0.2) is 45.5 Å². The summed E-state index contributed by atoms with van der Waals surface area (Å²) in [6, 6.07) is 3.42. The molecule has 1 aliphatic heterocycles. The summed E-state index contributed by atoms with van der Waals surface area (Å²) in [4.78, 5) is 29.2. The molecule has 0 aliphatic carbocycles. The largest absolute Gasteiger partial charge is 0.423 e. The summed E-state index contributed by atoms with van der Waals surface area (Å²) in [5.74, 6) is 0.570. The normalized spacial score (nSPS) is 15.1. The Kier molecular flexibility index (Phi) is 3.73. The van der Waals surface area contributed by atoms with Gasteiger partial charge in [0.25, 0.3) is 5.56 Å². The topological polar surface area (TPSA) is 88.6 Å². The van der Waals surface area contributed by atoms with Crippen molar-refractivity contribution in [3.05, 3.63) is 40.1 Å². The Balaban J connectivity index is 1.62. The molecule has 5 rings (SSSR count). The van der Waals surface area contributed by atoms with Gasteiger partial charge in [0.15, 0.2) is 10.9 Å². The first-order valence-electron chi connectivity index (χ1n) is 8.82. The van der Waals surface area contributed by atoms with E-state index in [2.05, 4.69) is 20.2 Å². The molecule has 0 bridgehead atoms. The van der Waals surface area contributed by atoms with Crippen LogP contribution in [0, 0.1) is 13.8 Å². The number of oxazole rings is 1. The maximum absolute atomic E-state index is 12.7. The van der Waals surface area contributed by atoms with E-state index in [9.17, 15) is 4.79 Å². The van der Waals surface area contributed by atoms with E-state index in [4.69, 9.17) is 9.40 Å². The van der Waals surface area contributed by atoms with Gasteiger partial charge in [0.05, 0.1) is 11.4 Å². The molecule has 9 heteroatoms. The lowest BCUT2D eigenvalue weighted by Crippen LogP contribution is -2.43. The van der Waals surface area contributed by atoms with Gasteiger partial charge in [-0.25, -0.2) is 15.0 Å². The third-order valence-corrected chi connectivity index (χ3v) is 5.75. The standard InChI is InChI=1S/C18H18N6O2S/c1-10-7-12(21-17-16(10)20-11(2)26-17)13-8-14(25)24-9-15(27-18(24)22-13)23-5-3-19-4-6-23/h7-9,19H,3-6H2,1-2H3. The van der Waals surface area contributed by atoms with Crippen molar-refractivity contribution in [2.24, 2.45) is 0 Å². The van der Waals surface area contributed by atoms with Gasteiger partial charge < -0.3 is 14.6 Å². The number of aromatic nitrogens is 4.